The van der Waals surface area contributed by atoms with Crippen molar-refractivity contribution >= 4 is 22.5 Å². The Bertz CT molecular complexity index is 591. The molecule has 0 spiro atoms. The van der Waals surface area contributed by atoms with Crippen molar-refractivity contribution in [3.63, 3.8) is 0 Å². The minimum atomic E-state index is -0.116. The van der Waals surface area contributed by atoms with Gasteiger partial charge in [0.05, 0.1) is 6.04 Å². The summed E-state index contributed by atoms with van der Waals surface area (Å²) in [6, 6.07) is 4.13. The van der Waals surface area contributed by atoms with Crippen molar-refractivity contribution in [2.45, 2.75) is 26.4 Å². The fraction of sp³-hybridized carbons (Fsp3) is 0.417. The second kappa shape index (κ2) is 4.65. The molecule has 0 fully saturated rings. The number of aromatic nitrogens is 3. The van der Waals surface area contributed by atoms with Gasteiger partial charge < -0.3 is 9.47 Å². The Morgan fingerprint density at radius 3 is 3.05 bits per heavy atom. The predicted molar refractivity (Wildman–Crippen MR) is 73.2 cm³/mol. The number of urea groups is 1. The minimum absolute atomic E-state index is 0.0652. The summed E-state index contributed by atoms with van der Waals surface area (Å²) >= 11 is 1.32. The van der Waals surface area contributed by atoms with Gasteiger partial charge in [-0.15, -0.1) is 10.2 Å². The normalized spacial score (nSPS) is 18.2. The third kappa shape index (κ3) is 2.10. The Balaban J connectivity index is 1.78. The van der Waals surface area contributed by atoms with Gasteiger partial charge in [-0.05, 0) is 26.0 Å². The Kier molecular flexibility index (Phi) is 2.98. The van der Waals surface area contributed by atoms with Crippen LogP contribution in [0.3, 0.4) is 0 Å². The van der Waals surface area contributed by atoms with Crippen LogP contribution in [-0.4, -0.2) is 32.2 Å². The third-order valence-electron chi connectivity index (χ3n) is 3.53. The highest BCUT2D eigenvalue weighted by Gasteiger charge is 2.28. The molecular formula is C12H15N5OS. The molecule has 1 aliphatic heterocycles. The highest BCUT2D eigenvalue weighted by Crippen LogP contribution is 2.27. The Hall–Kier alpha value is -1.89. The van der Waals surface area contributed by atoms with Gasteiger partial charge in [0.1, 0.15) is 5.51 Å². The first-order chi connectivity index (χ1) is 9.16. The molecule has 0 unspecified atom stereocenters. The number of anilines is 1. The fourth-order valence-corrected chi connectivity index (χ4v) is 2.92. The summed E-state index contributed by atoms with van der Waals surface area (Å²) in [5, 5.41) is 10.9. The molecule has 2 amide bonds. The molecule has 0 aliphatic carbocycles. The van der Waals surface area contributed by atoms with Gasteiger partial charge in [-0.2, -0.15) is 0 Å². The molecule has 7 heteroatoms. The van der Waals surface area contributed by atoms with Crippen molar-refractivity contribution in [2.24, 2.45) is 0 Å². The molecule has 1 atom stereocenters. The topological polar surface area (TPSA) is 63.1 Å². The molecule has 0 saturated heterocycles. The minimum Gasteiger partial charge on any atom is -0.345 e. The van der Waals surface area contributed by atoms with Crippen molar-refractivity contribution in [3.05, 3.63) is 29.0 Å². The van der Waals surface area contributed by atoms with Crippen molar-refractivity contribution in [1.82, 2.24) is 19.7 Å². The summed E-state index contributed by atoms with van der Waals surface area (Å²) < 4.78 is 2.26. The third-order valence-corrected chi connectivity index (χ3v) is 4.13. The van der Waals surface area contributed by atoms with E-state index in [1.165, 1.54) is 22.7 Å². The summed E-state index contributed by atoms with van der Waals surface area (Å²) in [5.41, 5.74) is 4.02. The SMILES string of the molecule is Cc1ccc2n1CCN(C(=O)Nc1nncs1)[C@H]2C. The van der Waals surface area contributed by atoms with E-state index in [1.54, 1.807) is 5.51 Å². The first-order valence-corrected chi connectivity index (χ1v) is 7.04. The zero-order valence-electron chi connectivity index (χ0n) is 10.8. The van der Waals surface area contributed by atoms with Crippen LogP contribution in [0.1, 0.15) is 24.4 Å². The number of nitrogens with zero attached hydrogens (tertiary/aromatic N) is 4. The van der Waals surface area contributed by atoms with Crippen LogP contribution >= 0.6 is 11.3 Å². The summed E-state index contributed by atoms with van der Waals surface area (Å²) in [7, 11) is 0. The molecule has 1 aliphatic rings. The van der Waals surface area contributed by atoms with Crippen LogP contribution in [0.15, 0.2) is 17.6 Å². The predicted octanol–water partition coefficient (Wildman–Crippen LogP) is 2.26. The summed E-state index contributed by atoms with van der Waals surface area (Å²) in [4.78, 5) is 14.1. The van der Waals surface area contributed by atoms with E-state index in [-0.39, 0.29) is 12.1 Å². The molecule has 0 bridgehead atoms. The van der Waals surface area contributed by atoms with Crippen LogP contribution in [-0.2, 0) is 6.54 Å². The van der Waals surface area contributed by atoms with E-state index in [0.717, 1.165) is 6.54 Å². The second-order valence-corrected chi connectivity index (χ2v) is 5.43. The smallest absolute Gasteiger partial charge is 0.324 e. The van der Waals surface area contributed by atoms with Gasteiger partial charge in [0.25, 0.3) is 0 Å². The largest absolute Gasteiger partial charge is 0.345 e. The monoisotopic (exact) mass is 277 g/mol. The van der Waals surface area contributed by atoms with Crippen LogP contribution in [0.4, 0.5) is 9.93 Å². The lowest BCUT2D eigenvalue weighted by atomic mass is 10.1. The van der Waals surface area contributed by atoms with Crippen molar-refractivity contribution in [2.75, 3.05) is 11.9 Å². The van der Waals surface area contributed by atoms with Crippen molar-refractivity contribution in [3.8, 4) is 0 Å². The zero-order valence-corrected chi connectivity index (χ0v) is 11.6. The van der Waals surface area contributed by atoms with Crippen LogP contribution in [0.25, 0.3) is 0 Å². The fourth-order valence-electron chi connectivity index (χ4n) is 2.49. The highest BCUT2D eigenvalue weighted by atomic mass is 32.1. The first kappa shape index (κ1) is 12.2. The van der Waals surface area contributed by atoms with E-state index in [1.807, 2.05) is 11.8 Å². The molecule has 6 nitrogen and oxygen atoms in total. The molecule has 1 N–H and O–H groups in total. The van der Waals surface area contributed by atoms with E-state index in [0.29, 0.717) is 11.7 Å². The summed E-state index contributed by atoms with van der Waals surface area (Å²) in [6.45, 7) is 5.67. The van der Waals surface area contributed by atoms with Crippen molar-refractivity contribution < 1.29 is 4.79 Å². The quantitative estimate of drug-likeness (QED) is 0.869. The van der Waals surface area contributed by atoms with Gasteiger partial charge >= 0.3 is 6.03 Å². The molecule has 0 saturated carbocycles. The number of hydrogen-bond acceptors (Lipinski definition) is 4. The maximum Gasteiger partial charge on any atom is 0.324 e. The van der Waals surface area contributed by atoms with Gasteiger partial charge in [-0.3, -0.25) is 5.32 Å². The Labute approximate surface area is 115 Å². The standard InChI is InChI=1S/C12H15N5OS/c1-8-3-4-10-9(2)17(6-5-16(8)10)12(18)14-11-15-13-7-19-11/h3-4,7,9H,5-6H2,1-2H3,(H,14,15,18)/t9-/m0/s1. The highest BCUT2D eigenvalue weighted by molar-refractivity contribution is 7.13. The van der Waals surface area contributed by atoms with Gasteiger partial charge in [0, 0.05) is 24.5 Å². The maximum absolute atomic E-state index is 12.2. The van der Waals surface area contributed by atoms with Crippen LogP contribution in [0.2, 0.25) is 0 Å². The van der Waals surface area contributed by atoms with Gasteiger partial charge in [0.15, 0.2) is 0 Å². The molecule has 3 heterocycles. The lowest BCUT2D eigenvalue weighted by Crippen LogP contribution is -2.43. The van der Waals surface area contributed by atoms with Crippen molar-refractivity contribution in [1.29, 1.82) is 0 Å². The molecule has 3 rings (SSSR count). The molecule has 19 heavy (non-hydrogen) atoms. The van der Waals surface area contributed by atoms with Crippen LogP contribution in [0.5, 0.6) is 0 Å². The lowest BCUT2D eigenvalue weighted by Gasteiger charge is -2.35. The second-order valence-electron chi connectivity index (χ2n) is 4.59. The van der Waals surface area contributed by atoms with E-state index in [4.69, 9.17) is 0 Å². The number of aryl methyl sites for hydroxylation is 1. The number of carbonyl (C=O) groups excluding carboxylic acids is 1. The van der Waals surface area contributed by atoms with E-state index >= 15 is 0 Å². The number of rotatable bonds is 1. The Morgan fingerprint density at radius 1 is 1.47 bits per heavy atom. The van der Waals surface area contributed by atoms with E-state index in [2.05, 4.69) is 39.1 Å². The average molecular weight is 277 g/mol. The van der Waals surface area contributed by atoms with E-state index in [9.17, 15) is 4.79 Å². The lowest BCUT2D eigenvalue weighted by molar-refractivity contribution is 0.174. The van der Waals surface area contributed by atoms with Crippen LogP contribution < -0.4 is 5.32 Å². The van der Waals surface area contributed by atoms with Crippen LogP contribution in [0, 0.1) is 6.92 Å². The van der Waals surface area contributed by atoms with Gasteiger partial charge in [-0.25, -0.2) is 4.79 Å². The maximum atomic E-state index is 12.2. The molecule has 2 aromatic rings. The molecular weight excluding hydrogens is 262 g/mol. The number of carbonyl (C=O) groups is 1. The number of hydrogen-bond donors (Lipinski definition) is 1. The summed E-state index contributed by atoms with van der Waals surface area (Å²) in [5.74, 6) is 0. The average Bonchev–Trinajstić information content (AvgIpc) is 3.01. The molecule has 2 aromatic heterocycles. The van der Waals surface area contributed by atoms with E-state index < -0.39 is 0 Å². The summed E-state index contributed by atoms with van der Waals surface area (Å²) in [6.07, 6.45) is 0. The Morgan fingerprint density at radius 2 is 2.32 bits per heavy atom. The molecule has 0 aromatic carbocycles. The zero-order chi connectivity index (χ0) is 13.4. The first-order valence-electron chi connectivity index (χ1n) is 6.16. The van der Waals surface area contributed by atoms with Gasteiger partial charge in [-0.1, -0.05) is 11.3 Å². The molecule has 0 radical (unpaired) electrons. The molecule has 100 valence electrons. The number of fused-ring (bicyclic) bond motifs is 1. The number of nitrogens with one attached hydrogen (secondary N) is 1. The number of amides is 2. The van der Waals surface area contributed by atoms with Gasteiger partial charge in [0.2, 0.25) is 5.13 Å².